The van der Waals surface area contributed by atoms with Crippen LogP contribution in [0.5, 0.6) is 0 Å². The predicted molar refractivity (Wildman–Crippen MR) is 99.4 cm³/mol. The van der Waals surface area contributed by atoms with Gasteiger partial charge in [-0.1, -0.05) is 27.7 Å². The van der Waals surface area contributed by atoms with Crippen LogP contribution >= 0.6 is 0 Å². The van der Waals surface area contributed by atoms with E-state index in [1.807, 2.05) is 0 Å². The van der Waals surface area contributed by atoms with Gasteiger partial charge in [0.05, 0.1) is 11.5 Å². The van der Waals surface area contributed by atoms with E-state index < -0.39 is 0 Å². The summed E-state index contributed by atoms with van der Waals surface area (Å²) in [4.78, 5) is 4.97. The number of ether oxygens (including phenoxy) is 1. The highest BCUT2D eigenvalue weighted by molar-refractivity contribution is 5.84. The first kappa shape index (κ1) is 17.8. The third kappa shape index (κ3) is 3.22. The smallest absolute Gasteiger partial charge is 0.114 e. The van der Waals surface area contributed by atoms with Crippen LogP contribution in [0.3, 0.4) is 0 Å². The van der Waals surface area contributed by atoms with Gasteiger partial charge in [-0.2, -0.15) is 0 Å². The van der Waals surface area contributed by atoms with Crippen molar-refractivity contribution < 1.29 is 4.74 Å². The van der Waals surface area contributed by atoms with Gasteiger partial charge in [-0.15, -0.1) is 0 Å². The van der Waals surface area contributed by atoms with Gasteiger partial charge in [-0.25, -0.2) is 0 Å². The molecule has 0 fully saturated rings. The zero-order valence-electron chi connectivity index (χ0n) is 16.2. The van der Waals surface area contributed by atoms with Gasteiger partial charge in [0.1, 0.15) is 6.10 Å². The molecule has 0 radical (unpaired) electrons. The summed E-state index contributed by atoms with van der Waals surface area (Å²) in [5.41, 5.74) is 8.86. The number of nitrogens with zero attached hydrogens (tertiary/aromatic N) is 1. The quantitative estimate of drug-likeness (QED) is 0.665. The highest BCUT2D eigenvalue weighted by Crippen LogP contribution is 2.40. The van der Waals surface area contributed by atoms with Crippen LogP contribution in [0.15, 0.2) is 11.8 Å². The summed E-state index contributed by atoms with van der Waals surface area (Å²) in [5.74, 6) is 1.85. The lowest BCUT2D eigenvalue weighted by atomic mass is 9.81. The van der Waals surface area contributed by atoms with E-state index in [0.717, 1.165) is 11.5 Å². The maximum Gasteiger partial charge on any atom is 0.114 e. The molecule has 0 amide bonds. The fraction of sp³-hybridized carbons (Fsp3) is 0.571. The second-order valence-electron chi connectivity index (χ2n) is 7.39. The molecular formula is C21H31NO. The average molecular weight is 313 g/mol. The Bertz CT molecular complexity index is 678. The highest BCUT2D eigenvalue weighted by Gasteiger charge is 2.26. The molecule has 0 saturated carbocycles. The van der Waals surface area contributed by atoms with E-state index in [-0.39, 0.29) is 6.10 Å². The minimum absolute atomic E-state index is 0.0807. The molecule has 2 rings (SSSR count). The number of fused-ring (bicyclic) bond motifs is 1. The number of rotatable bonds is 2. The lowest BCUT2D eigenvalue weighted by Crippen LogP contribution is -2.16. The van der Waals surface area contributed by atoms with Gasteiger partial charge >= 0.3 is 0 Å². The molecule has 0 spiro atoms. The summed E-state index contributed by atoms with van der Waals surface area (Å²) in [6.45, 7) is 19.7. The topological polar surface area (TPSA) is 22.1 Å². The van der Waals surface area contributed by atoms with Crippen molar-refractivity contribution in [2.24, 2.45) is 5.92 Å². The van der Waals surface area contributed by atoms with Crippen LogP contribution in [-0.2, 0) is 4.74 Å². The highest BCUT2D eigenvalue weighted by atomic mass is 16.5. The van der Waals surface area contributed by atoms with Crippen LogP contribution in [0, 0.1) is 19.8 Å². The molecule has 2 heterocycles. The summed E-state index contributed by atoms with van der Waals surface area (Å²) in [6.07, 6.45) is 2.36. The summed E-state index contributed by atoms with van der Waals surface area (Å²) in [6, 6.07) is 0. The molecule has 0 N–H and O–H groups in total. The van der Waals surface area contributed by atoms with Crippen molar-refractivity contribution in [3.05, 3.63) is 39.9 Å². The molecule has 23 heavy (non-hydrogen) atoms. The minimum Gasteiger partial charge on any atom is -0.491 e. The molecule has 0 aromatic carbocycles. The van der Waals surface area contributed by atoms with E-state index in [0.29, 0.717) is 11.8 Å². The number of pyridine rings is 1. The Labute approximate surface area is 141 Å². The van der Waals surface area contributed by atoms with Gasteiger partial charge < -0.3 is 4.74 Å². The molecule has 0 saturated heterocycles. The minimum atomic E-state index is 0.0807. The first-order valence-electron chi connectivity index (χ1n) is 8.72. The Kier molecular flexibility index (Phi) is 5.03. The van der Waals surface area contributed by atoms with E-state index in [1.165, 1.54) is 33.5 Å². The zero-order valence-corrected chi connectivity index (χ0v) is 16.2. The van der Waals surface area contributed by atoms with Crippen molar-refractivity contribution in [1.29, 1.82) is 0 Å². The number of hydrogen-bond donors (Lipinski definition) is 0. The van der Waals surface area contributed by atoms with Gasteiger partial charge in [-0.05, 0) is 74.8 Å². The van der Waals surface area contributed by atoms with E-state index >= 15 is 0 Å². The van der Waals surface area contributed by atoms with Crippen LogP contribution in [0.4, 0.5) is 0 Å². The van der Waals surface area contributed by atoms with Gasteiger partial charge in [0.25, 0.3) is 0 Å². The van der Waals surface area contributed by atoms with Crippen molar-refractivity contribution in [3.63, 3.8) is 0 Å². The maximum atomic E-state index is 6.12. The van der Waals surface area contributed by atoms with Gasteiger partial charge in [0, 0.05) is 11.3 Å². The molecule has 2 heteroatoms. The van der Waals surface area contributed by atoms with Gasteiger partial charge in [-0.3, -0.25) is 4.98 Å². The Hall–Kier alpha value is -1.57. The van der Waals surface area contributed by atoms with Crippen molar-refractivity contribution >= 4 is 11.1 Å². The number of allylic oxidation sites excluding steroid dienone is 3. The molecular weight excluding hydrogens is 282 g/mol. The fourth-order valence-electron chi connectivity index (χ4n) is 3.39. The maximum absolute atomic E-state index is 6.12. The molecule has 1 aliphatic heterocycles. The average Bonchev–Trinajstić information content (AvgIpc) is 2.44. The standard InChI is InChI=1S/C21H31NO/c1-11(2)18-10-13(5)23-17(9)15(7)19-14(6)16(8)22-21(12(3)4)20(18)19/h10-13H,1-9H3/b17-15-,18-10-/t13-/m1/s1. The third-order valence-electron chi connectivity index (χ3n) is 4.85. The monoisotopic (exact) mass is 313 g/mol. The molecule has 0 aliphatic carbocycles. The Balaban J connectivity index is 2.98. The molecule has 2 nitrogen and oxygen atoms in total. The molecule has 1 aromatic rings. The molecule has 0 bridgehead atoms. The predicted octanol–water partition coefficient (Wildman–Crippen LogP) is 6.03. The van der Waals surface area contributed by atoms with Crippen molar-refractivity contribution in [2.45, 2.75) is 74.3 Å². The van der Waals surface area contributed by atoms with Crippen LogP contribution in [0.1, 0.15) is 82.5 Å². The second-order valence-corrected chi connectivity index (χ2v) is 7.39. The summed E-state index contributed by atoms with van der Waals surface area (Å²) < 4.78 is 6.12. The van der Waals surface area contributed by atoms with Crippen molar-refractivity contribution in [3.8, 4) is 0 Å². The number of aromatic nitrogens is 1. The molecule has 1 aromatic heterocycles. The van der Waals surface area contributed by atoms with E-state index in [4.69, 9.17) is 9.72 Å². The third-order valence-corrected chi connectivity index (χ3v) is 4.85. The van der Waals surface area contributed by atoms with Gasteiger partial charge in [0.15, 0.2) is 0 Å². The largest absolute Gasteiger partial charge is 0.491 e. The van der Waals surface area contributed by atoms with Gasteiger partial charge in [0.2, 0.25) is 0 Å². The lowest BCUT2D eigenvalue weighted by Gasteiger charge is -2.29. The van der Waals surface area contributed by atoms with E-state index in [1.54, 1.807) is 0 Å². The first-order valence-corrected chi connectivity index (χ1v) is 8.72. The normalized spacial score (nSPS) is 24.0. The molecule has 1 atom stereocenters. The summed E-state index contributed by atoms with van der Waals surface area (Å²) >= 11 is 0. The summed E-state index contributed by atoms with van der Waals surface area (Å²) in [7, 11) is 0. The van der Waals surface area contributed by atoms with Crippen molar-refractivity contribution in [2.75, 3.05) is 0 Å². The molecule has 126 valence electrons. The fourth-order valence-corrected chi connectivity index (χ4v) is 3.39. The van der Waals surface area contributed by atoms with Crippen LogP contribution in [0.25, 0.3) is 11.1 Å². The lowest BCUT2D eigenvalue weighted by molar-refractivity contribution is 0.173. The zero-order chi connectivity index (χ0) is 17.5. The Morgan fingerprint density at radius 1 is 0.957 bits per heavy atom. The first-order chi connectivity index (χ1) is 10.6. The number of aryl methyl sites for hydroxylation is 1. The Morgan fingerprint density at radius 3 is 2.09 bits per heavy atom. The van der Waals surface area contributed by atoms with E-state index in [9.17, 15) is 0 Å². The second kappa shape index (κ2) is 6.51. The van der Waals surface area contributed by atoms with Crippen LogP contribution in [0.2, 0.25) is 0 Å². The van der Waals surface area contributed by atoms with Crippen molar-refractivity contribution in [1.82, 2.24) is 4.98 Å². The Morgan fingerprint density at radius 2 is 1.57 bits per heavy atom. The molecule has 0 unspecified atom stereocenters. The van der Waals surface area contributed by atoms with Crippen LogP contribution < -0.4 is 0 Å². The molecule has 1 aliphatic rings. The summed E-state index contributed by atoms with van der Waals surface area (Å²) in [5, 5.41) is 0. The number of hydrogen-bond acceptors (Lipinski definition) is 2. The van der Waals surface area contributed by atoms with Crippen LogP contribution in [-0.4, -0.2) is 11.1 Å². The SMILES string of the molecule is C/C1=C(\C)c2c(C)c(C)nc(C(C)C)c2/C(C(C)C)=C\[C@@H](C)O1. The van der Waals surface area contributed by atoms with E-state index in [2.05, 4.69) is 68.4 Å².